The molecule has 40 heavy (non-hydrogen) atoms. The van der Waals surface area contributed by atoms with Gasteiger partial charge in [-0.3, -0.25) is 4.98 Å². The molecular weight excluding hydrogens is 530 g/mol. The zero-order chi connectivity index (χ0) is 28.7. The molecule has 0 aliphatic carbocycles. The minimum atomic E-state index is -0.601. The molecule has 4 aromatic rings. The van der Waals surface area contributed by atoms with E-state index in [1.54, 1.807) is 6.20 Å². The third-order valence-electron chi connectivity index (χ3n) is 8.25. The van der Waals surface area contributed by atoms with Crippen LogP contribution in [0.15, 0.2) is 12.4 Å². The number of aromatic nitrogens is 3. The van der Waals surface area contributed by atoms with E-state index in [-0.39, 0.29) is 50.6 Å². The van der Waals surface area contributed by atoms with E-state index < -0.39 is 11.6 Å². The highest BCUT2D eigenvalue weighted by molar-refractivity contribution is 7.23. The SMILES string of the molecule is CC.CCCC1[C@@H](C(C)CC)CN1c1ncc2c3c(c(-c4ncc(F)c5sc(N)c(C#N)c45)c(F)c2n1)COC3. The average Bonchev–Trinajstić information content (AvgIpc) is 3.58. The van der Waals surface area contributed by atoms with Crippen LogP contribution in [0.25, 0.3) is 32.2 Å². The number of hydrogen-bond donors (Lipinski definition) is 1. The minimum absolute atomic E-state index is 0.0987. The second kappa shape index (κ2) is 11.2. The standard InChI is InChI=1S/C28H28F2N6OS.C2H6/c1-4-6-20-16(13(3)5-2)10-36(20)28-34-8-15-17-11-37-12-18(17)21(23(30)24(15)35-28)25-22-14(7-31)27(32)38-26(22)19(29)9-33-25;1-2/h8-9,13,16,20H,4-6,10-12,32H2,1-3H3;1-2H3/t13?,16-,20?;/m1./s1. The summed E-state index contributed by atoms with van der Waals surface area (Å²) in [5, 5.41) is 10.7. The van der Waals surface area contributed by atoms with Crippen molar-refractivity contribution in [3.8, 4) is 17.3 Å². The maximum atomic E-state index is 16.5. The van der Waals surface area contributed by atoms with Gasteiger partial charge in [-0.1, -0.05) is 47.5 Å². The summed E-state index contributed by atoms with van der Waals surface area (Å²) < 4.78 is 37.1. The van der Waals surface area contributed by atoms with Gasteiger partial charge in [0.25, 0.3) is 0 Å². The molecule has 2 N–H and O–H groups in total. The van der Waals surface area contributed by atoms with Crippen LogP contribution in [-0.2, 0) is 18.0 Å². The number of nitriles is 1. The molecule has 2 aliphatic rings. The second-order valence-corrected chi connectivity index (χ2v) is 11.3. The minimum Gasteiger partial charge on any atom is -0.389 e. The number of thiophene rings is 1. The van der Waals surface area contributed by atoms with Crippen molar-refractivity contribution in [2.24, 2.45) is 11.8 Å². The Bertz CT molecular complexity index is 1630. The van der Waals surface area contributed by atoms with Crippen LogP contribution in [0.1, 0.15) is 70.6 Å². The molecular formula is C30H34F2N6OS. The van der Waals surface area contributed by atoms with Gasteiger partial charge in [-0.2, -0.15) is 5.26 Å². The van der Waals surface area contributed by atoms with Crippen molar-refractivity contribution in [1.82, 2.24) is 15.0 Å². The number of nitrogens with zero attached hydrogens (tertiary/aromatic N) is 5. The maximum absolute atomic E-state index is 16.5. The number of halogens is 2. The molecule has 2 unspecified atom stereocenters. The fraction of sp³-hybridized carbons (Fsp3) is 0.467. The first kappa shape index (κ1) is 28.1. The smallest absolute Gasteiger partial charge is 0.226 e. The summed E-state index contributed by atoms with van der Waals surface area (Å²) in [5.41, 5.74) is 8.07. The van der Waals surface area contributed by atoms with Crippen LogP contribution in [-0.4, -0.2) is 27.5 Å². The van der Waals surface area contributed by atoms with Gasteiger partial charge >= 0.3 is 0 Å². The number of rotatable bonds is 6. The molecule has 3 atom stereocenters. The van der Waals surface area contributed by atoms with Crippen LogP contribution < -0.4 is 10.6 Å². The van der Waals surface area contributed by atoms with E-state index in [0.29, 0.717) is 34.8 Å². The van der Waals surface area contributed by atoms with Crippen molar-refractivity contribution in [3.63, 3.8) is 0 Å². The Kier molecular flexibility index (Phi) is 7.89. The second-order valence-electron chi connectivity index (χ2n) is 10.2. The van der Waals surface area contributed by atoms with Gasteiger partial charge in [-0.05, 0) is 29.4 Å². The Morgan fingerprint density at radius 3 is 2.65 bits per heavy atom. The molecule has 0 saturated carbocycles. The average molecular weight is 565 g/mol. The van der Waals surface area contributed by atoms with E-state index in [1.807, 2.05) is 19.9 Å². The van der Waals surface area contributed by atoms with Crippen LogP contribution in [0.5, 0.6) is 0 Å². The summed E-state index contributed by atoms with van der Waals surface area (Å²) in [6.45, 7) is 12.0. The third-order valence-corrected chi connectivity index (χ3v) is 9.28. The van der Waals surface area contributed by atoms with Crippen LogP contribution in [0.4, 0.5) is 19.7 Å². The Balaban J connectivity index is 0.00000158. The Morgan fingerprint density at radius 1 is 1.20 bits per heavy atom. The largest absolute Gasteiger partial charge is 0.389 e. The van der Waals surface area contributed by atoms with Crippen molar-refractivity contribution in [1.29, 1.82) is 5.26 Å². The number of anilines is 2. The predicted molar refractivity (Wildman–Crippen MR) is 156 cm³/mol. The summed E-state index contributed by atoms with van der Waals surface area (Å²) in [4.78, 5) is 15.9. The van der Waals surface area contributed by atoms with E-state index in [1.165, 1.54) is 0 Å². The van der Waals surface area contributed by atoms with E-state index >= 15 is 4.39 Å². The lowest BCUT2D eigenvalue weighted by atomic mass is 9.76. The van der Waals surface area contributed by atoms with E-state index in [2.05, 4.69) is 35.6 Å². The lowest BCUT2D eigenvalue weighted by molar-refractivity contribution is 0.135. The fourth-order valence-corrected chi connectivity index (χ4v) is 6.93. The summed E-state index contributed by atoms with van der Waals surface area (Å²) in [5.74, 6) is 0.475. The highest BCUT2D eigenvalue weighted by Crippen LogP contribution is 2.45. The molecule has 0 spiro atoms. The summed E-state index contributed by atoms with van der Waals surface area (Å²) in [7, 11) is 0. The number of nitrogens with two attached hydrogens (primary N) is 1. The first-order valence-electron chi connectivity index (χ1n) is 14.0. The molecule has 0 amide bonds. The van der Waals surface area contributed by atoms with E-state index in [0.717, 1.165) is 48.9 Å². The maximum Gasteiger partial charge on any atom is 0.226 e. The van der Waals surface area contributed by atoms with Crippen molar-refractivity contribution in [2.45, 2.75) is 73.1 Å². The molecule has 7 nitrogen and oxygen atoms in total. The van der Waals surface area contributed by atoms with Gasteiger partial charge in [0.2, 0.25) is 5.95 Å². The Labute approximate surface area is 237 Å². The molecule has 2 aliphatic heterocycles. The lowest BCUT2D eigenvalue weighted by Gasteiger charge is -2.51. The van der Waals surface area contributed by atoms with Crippen LogP contribution in [0, 0.1) is 34.8 Å². The predicted octanol–water partition coefficient (Wildman–Crippen LogP) is 7.35. The van der Waals surface area contributed by atoms with Crippen molar-refractivity contribution >= 4 is 43.3 Å². The van der Waals surface area contributed by atoms with Crippen LogP contribution >= 0.6 is 11.3 Å². The lowest BCUT2D eigenvalue weighted by Crippen LogP contribution is -2.59. The zero-order valence-corrected chi connectivity index (χ0v) is 24.3. The topological polar surface area (TPSA) is 101 Å². The highest BCUT2D eigenvalue weighted by Gasteiger charge is 2.42. The third kappa shape index (κ3) is 4.27. The van der Waals surface area contributed by atoms with Gasteiger partial charge in [0.05, 0.1) is 35.4 Å². The molecule has 0 bridgehead atoms. The molecule has 0 radical (unpaired) electrons. The van der Waals surface area contributed by atoms with Crippen LogP contribution in [0.3, 0.4) is 0 Å². The van der Waals surface area contributed by atoms with Crippen LogP contribution in [0.2, 0.25) is 0 Å². The van der Waals surface area contributed by atoms with Crippen molar-refractivity contribution < 1.29 is 13.5 Å². The number of benzene rings is 1. The number of hydrogen-bond acceptors (Lipinski definition) is 8. The van der Waals surface area contributed by atoms with Gasteiger partial charge < -0.3 is 15.4 Å². The Morgan fingerprint density at radius 2 is 1.95 bits per heavy atom. The molecule has 6 rings (SSSR count). The van der Waals surface area contributed by atoms with Gasteiger partial charge in [-0.15, -0.1) is 11.3 Å². The van der Waals surface area contributed by atoms with Crippen molar-refractivity contribution in [2.75, 3.05) is 17.2 Å². The van der Waals surface area contributed by atoms with E-state index in [4.69, 9.17) is 15.5 Å². The molecule has 1 saturated heterocycles. The van der Waals surface area contributed by atoms with Gasteiger partial charge in [0.1, 0.15) is 16.6 Å². The zero-order valence-electron chi connectivity index (χ0n) is 23.5. The number of fused-ring (bicyclic) bond motifs is 4. The van der Waals surface area contributed by atoms with Gasteiger partial charge in [0, 0.05) is 35.1 Å². The summed E-state index contributed by atoms with van der Waals surface area (Å²) in [6, 6.07) is 2.36. The van der Waals surface area contributed by atoms with Crippen molar-refractivity contribution in [3.05, 3.63) is 40.7 Å². The Hall–Kier alpha value is -3.42. The van der Waals surface area contributed by atoms with Gasteiger partial charge in [0.15, 0.2) is 11.6 Å². The molecule has 5 heterocycles. The fourth-order valence-electron chi connectivity index (χ4n) is 6.01. The monoisotopic (exact) mass is 564 g/mol. The molecule has 1 aromatic carbocycles. The molecule has 3 aromatic heterocycles. The van der Waals surface area contributed by atoms with E-state index in [9.17, 15) is 9.65 Å². The molecule has 10 heteroatoms. The summed E-state index contributed by atoms with van der Waals surface area (Å²) >= 11 is 0.962. The molecule has 210 valence electrons. The first-order chi connectivity index (χ1) is 19.4. The number of pyridine rings is 1. The summed E-state index contributed by atoms with van der Waals surface area (Å²) in [6.07, 6.45) is 5.92. The number of nitrogen functional groups attached to an aromatic ring is 1. The highest BCUT2D eigenvalue weighted by atomic mass is 32.1. The normalized spacial score (nSPS) is 18.7. The quantitative estimate of drug-likeness (QED) is 0.261. The number of ether oxygens (including phenoxy) is 1. The molecule has 1 fully saturated rings. The first-order valence-corrected chi connectivity index (χ1v) is 14.8. The van der Waals surface area contributed by atoms with Gasteiger partial charge in [-0.25, -0.2) is 18.7 Å².